The molecule has 1 aromatic heterocycles. The summed E-state index contributed by atoms with van der Waals surface area (Å²) < 4.78 is 5.85. The number of nitrogens with one attached hydrogen (secondary N) is 1. The lowest BCUT2D eigenvalue weighted by Gasteiger charge is -2.21. The molecule has 5 heteroatoms. The third-order valence-electron chi connectivity index (χ3n) is 5.43. The first kappa shape index (κ1) is 20.3. The van der Waals surface area contributed by atoms with Gasteiger partial charge in [0.05, 0.1) is 5.56 Å². The molecule has 150 valence electrons. The number of hydrogen-bond donors (Lipinski definition) is 2. The van der Waals surface area contributed by atoms with Crippen molar-refractivity contribution < 1.29 is 9.53 Å². The van der Waals surface area contributed by atoms with Gasteiger partial charge >= 0.3 is 0 Å². The van der Waals surface area contributed by atoms with Gasteiger partial charge in [-0.1, -0.05) is 44.2 Å². The zero-order chi connectivity index (χ0) is 19.8. The van der Waals surface area contributed by atoms with Crippen molar-refractivity contribution >= 4 is 5.91 Å². The standard InChI is InChI=1S/C23H31N3O2/c1-17-15-18(13-14-25-20-7-5-3-2-4-6-8-20)9-11-21(17)28-22-12-10-19(16-26-22)23(24)27/h9-12,15-16,20,25H,2-8,13-14H2,1H3,(H2,24,27). The molecule has 28 heavy (non-hydrogen) atoms. The predicted molar refractivity (Wildman–Crippen MR) is 112 cm³/mol. The van der Waals surface area contributed by atoms with Crippen LogP contribution < -0.4 is 15.8 Å². The number of pyridine rings is 1. The van der Waals surface area contributed by atoms with Crippen LogP contribution in [0.5, 0.6) is 11.6 Å². The molecule has 0 spiro atoms. The van der Waals surface area contributed by atoms with Crippen molar-refractivity contribution in [3.8, 4) is 11.6 Å². The van der Waals surface area contributed by atoms with Crippen LogP contribution >= 0.6 is 0 Å². The first-order valence-electron chi connectivity index (χ1n) is 10.4. The lowest BCUT2D eigenvalue weighted by molar-refractivity contribution is 0.1000. The number of benzene rings is 1. The second-order valence-electron chi connectivity index (χ2n) is 7.70. The topological polar surface area (TPSA) is 77.2 Å². The number of carbonyl (C=O) groups is 1. The zero-order valence-corrected chi connectivity index (χ0v) is 16.7. The fourth-order valence-electron chi connectivity index (χ4n) is 3.76. The van der Waals surface area contributed by atoms with Crippen molar-refractivity contribution in [3.05, 3.63) is 53.2 Å². The van der Waals surface area contributed by atoms with Crippen molar-refractivity contribution in [2.24, 2.45) is 5.73 Å². The molecule has 1 fully saturated rings. The highest BCUT2D eigenvalue weighted by Crippen LogP contribution is 2.25. The Balaban J connectivity index is 1.51. The third-order valence-corrected chi connectivity index (χ3v) is 5.43. The summed E-state index contributed by atoms with van der Waals surface area (Å²) in [5, 5.41) is 3.75. The zero-order valence-electron chi connectivity index (χ0n) is 16.7. The highest BCUT2D eigenvalue weighted by Gasteiger charge is 2.11. The molecule has 1 saturated carbocycles. The molecule has 1 amide bonds. The summed E-state index contributed by atoms with van der Waals surface area (Å²) in [6.45, 7) is 3.05. The summed E-state index contributed by atoms with van der Waals surface area (Å²) in [5.41, 5.74) is 7.98. The van der Waals surface area contributed by atoms with Gasteiger partial charge in [-0.2, -0.15) is 0 Å². The second-order valence-corrected chi connectivity index (χ2v) is 7.70. The van der Waals surface area contributed by atoms with Crippen LogP contribution in [0, 0.1) is 6.92 Å². The molecule has 0 unspecified atom stereocenters. The molecule has 1 heterocycles. The van der Waals surface area contributed by atoms with Crippen LogP contribution in [0.2, 0.25) is 0 Å². The maximum Gasteiger partial charge on any atom is 0.250 e. The highest BCUT2D eigenvalue weighted by molar-refractivity contribution is 5.92. The average molecular weight is 382 g/mol. The number of rotatable bonds is 7. The van der Waals surface area contributed by atoms with Crippen molar-refractivity contribution in [1.82, 2.24) is 10.3 Å². The van der Waals surface area contributed by atoms with Gasteiger partial charge in [-0.25, -0.2) is 4.98 Å². The minimum absolute atomic E-state index is 0.371. The molecule has 1 aliphatic rings. The number of nitrogens with zero attached hydrogens (tertiary/aromatic N) is 1. The van der Waals surface area contributed by atoms with Gasteiger partial charge < -0.3 is 15.8 Å². The first-order valence-corrected chi connectivity index (χ1v) is 10.4. The van der Waals surface area contributed by atoms with Gasteiger partial charge in [0.1, 0.15) is 5.75 Å². The maximum atomic E-state index is 11.1. The summed E-state index contributed by atoms with van der Waals surface area (Å²) in [6.07, 6.45) is 12.0. The fourth-order valence-corrected chi connectivity index (χ4v) is 3.76. The average Bonchev–Trinajstić information content (AvgIpc) is 2.66. The van der Waals surface area contributed by atoms with Crippen molar-refractivity contribution in [2.45, 2.75) is 64.3 Å². The maximum absolute atomic E-state index is 11.1. The Labute approximate surface area is 167 Å². The molecule has 0 aliphatic heterocycles. The molecule has 0 bridgehead atoms. The van der Waals surface area contributed by atoms with Crippen molar-refractivity contribution in [2.75, 3.05) is 6.54 Å². The number of primary amides is 1. The molecule has 0 atom stereocenters. The highest BCUT2D eigenvalue weighted by atomic mass is 16.5. The van der Waals surface area contributed by atoms with Crippen LogP contribution in [-0.4, -0.2) is 23.5 Å². The SMILES string of the molecule is Cc1cc(CCNC2CCCCCCC2)ccc1Oc1ccc(C(N)=O)cn1. The lowest BCUT2D eigenvalue weighted by atomic mass is 9.96. The molecule has 1 aliphatic carbocycles. The van der Waals surface area contributed by atoms with Crippen LogP contribution in [0.15, 0.2) is 36.5 Å². The molecular weight excluding hydrogens is 350 g/mol. The number of hydrogen-bond acceptors (Lipinski definition) is 4. The summed E-state index contributed by atoms with van der Waals surface area (Å²) in [4.78, 5) is 15.3. The minimum atomic E-state index is -0.493. The minimum Gasteiger partial charge on any atom is -0.439 e. The van der Waals surface area contributed by atoms with E-state index in [9.17, 15) is 4.79 Å². The van der Waals surface area contributed by atoms with E-state index in [1.54, 1.807) is 12.1 Å². The van der Waals surface area contributed by atoms with Gasteiger partial charge in [0, 0.05) is 18.3 Å². The number of aromatic nitrogens is 1. The van der Waals surface area contributed by atoms with E-state index in [0.29, 0.717) is 17.5 Å². The molecule has 2 aromatic rings. The Morgan fingerprint density at radius 3 is 2.54 bits per heavy atom. The van der Waals surface area contributed by atoms with Gasteiger partial charge in [0.25, 0.3) is 0 Å². The van der Waals surface area contributed by atoms with E-state index in [1.807, 2.05) is 13.0 Å². The quantitative estimate of drug-likeness (QED) is 0.739. The predicted octanol–water partition coefficient (Wildman–Crippen LogP) is 4.53. The van der Waals surface area contributed by atoms with Crippen molar-refractivity contribution in [1.29, 1.82) is 0 Å². The van der Waals surface area contributed by atoms with Crippen LogP contribution in [0.1, 0.15) is 66.4 Å². The van der Waals surface area contributed by atoms with Crippen molar-refractivity contribution in [3.63, 3.8) is 0 Å². The van der Waals surface area contributed by atoms with Gasteiger partial charge in [-0.3, -0.25) is 4.79 Å². The molecule has 5 nitrogen and oxygen atoms in total. The number of carbonyl (C=O) groups excluding carboxylic acids is 1. The van der Waals surface area contributed by atoms with E-state index in [4.69, 9.17) is 10.5 Å². The molecule has 1 aromatic carbocycles. The molecule has 3 N–H and O–H groups in total. The second kappa shape index (κ2) is 10.2. The number of aryl methyl sites for hydroxylation is 1. The van der Waals surface area contributed by atoms with E-state index in [2.05, 4.69) is 22.4 Å². The Hall–Kier alpha value is -2.40. The molecular formula is C23H31N3O2. The summed E-state index contributed by atoms with van der Waals surface area (Å²) in [5.74, 6) is 0.732. The summed E-state index contributed by atoms with van der Waals surface area (Å²) >= 11 is 0. The Morgan fingerprint density at radius 2 is 1.89 bits per heavy atom. The summed E-state index contributed by atoms with van der Waals surface area (Å²) in [7, 11) is 0. The third kappa shape index (κ3) is 6.06. The van der Waals surface area contributed by atoms with Gasteiger partial charge in [-0.15, -0.1) is 0 Å². The number of ether oxygens (including phenoxy) is 1. The van der Waals surface area contributed by atoms with Crippen LogP contribution in [0.3, 0.4) is 0 Å². The van der Waals surface area contributed by atoms with Crippen LogP contribution in [-0.2, 0) is 6.42 Å². The van der Waals surface area contributed by atoms with Gasteiger partial charge in [0.15, 0.2) is 0 Å². The first-order chi connectivity index (χ1) is 13.6. The van der Waals surface area contributed by atoms with E-state index in [-0.39, 0.29) is 0 Å². The smallest absolute Gasteiger partial charge is 0.250 e. The number of nitrogens with two attached hydrogens (primary N) is 1. The van der Waals surface area contributed by atoms with E-state index in [1.165, 1.54) is 56.7 Å². The van der Waals surface area contributed by atoms with Gasteiger partial charge in [0.2, 0.25) is 11.8 Å². The largest absolute Gasteiger partial charge is 0.439 e. The molecule has 0 radical (unpaired) electrons. The Kier molecular flexibility index (Phi) is 7.43. The number of amides is 1. The summed E-state index contributed by atoms with van der Waals surface area (Å²) in [6, 6.07) is 10.2. The van der Waals surface area contributed by atoms with E-state index < -0.39 is 5.91 Å². The Bertz CT molecular complexity index is 766. The monoisotopic (exact) mass is 381 g/mol. The normalized spacial score (nSPS) is 15.6. The van der Waals surface area contributed by atoms with E-state index >= 15 is 0 Å². The van der Waals surface area contributed by atoms with Crippen LogP contribution in [0.4, 0.5) is 0 Å². The van der Waals surface area contributed by atoms with E-state index in [0.717, 1.165) is 24.3 Å². The lowest BCUT2D eigenvalue weighted by Crippen LogP contribution is -2.31. The molecule has 3 rings (SSSR count). The fraction of sp³-hybridized carbons (Fsp3) is 0.478. The molecule has 0 saturated heterocycles. The van der Waals surface area contributed by atoms with Crippen LogP contribution in [0.25, 0.3) is 0 Å². The van der Waals surface area contributed by atoms with Gasteiger partial charge in [-0.05, 0) is 56.0 Å². The Morgan fingerprint density at radius 1 is 1.14 bits per heavy atom.